The molecule has 2 aromatic rings. The second-order valence-corrected chi connectivity index (χ2v) is 5.58. The Hall–Kier alpha value is -2.30. The van der Waals surface area contributed by atoms with Gasteiger partial charge in [0.25, 0.3) is 0 Å². The minimum atomic E-state index is -4.35. The average molecular weight is 342 g/mol. The maximum atomic E-state index is 12.3. The van der Waals surface area contributed by atoms with E-state index in [4.69, 9.17) is 0 Å². The molecule has 0 amide bonds. The van der Waals surface area contributed by atoms with Crippen LogP contribution in [0.15, 0.2) is 12.3 Å². The van der Waals surface area contributed by atoms with Crippen LogP contribution in [0, 0.1) is 6.92 Å². The normalized spacial score (nSPS) is 16.6. The Morgan fingerprint density at radius 3 is 2.58 bits per heavy atom. The number of aryl methyl sites for hydroxylation is 1. The Morgan fingerprint density at radius 1 is 1.17 bits per heavy atom. The second-order valence-electron chi connectivity index (χ2n) is 5.58. The number of rotatable bonds is 4. The van der Waals surface area contributed by atoms with Crippen molar-refractivity contribution >= 4 is 5.82 Å². The van der Waals surface area contributed by atoms with Crippen molar-refractivity contribution in [1.82, 2.24) is 35.1 Å². The summed E-state index contributed by atoms with van der Waals surface area (Å²) in [5, 5.41) is 10.9. The molecule has 1 aliphatic heterocycles. The van der Waals surface area contributed by atoms with E-state index >= 15 is 0 Å². The van der Waals surface area contributed by atoms with Gasteiger partial charge in [-0.25, -0.2) is 9.97 Å². The molecular weight excluding hydrogens is 325 g/mol. The maximum Gasteiger partial charge on any atom is 0.409 e. The Balaban J connectivity index is 1.52. The molecule has 0 aromatic carbocycles. The predicted octanol–water partition coefficient (Wildman–Crippen LogP) is 0.656. The third kappa shape index (κ3) is 4.37. The highest BCUT2D eigenvalue weighted by molar-refractivity contribution is 5.37. The number of tetrazole rings is 1. The van der Waals surface area contributed by atoms with E-state index < -0.39 is 12.7 Å². The standard InChI is InChI=1S/C13H17F3N8/c1-10-17-3-2-12(18-10)23-6-4-22(5-7-23)8-11-19-21-24(20-11)9-13(14,15)16/h2-3H,4-9H2,1H3. The van der Waals surface area contributed by atoms with Crippen molar-refractivity contribution in [2.45, 2.75) is 26.2 Å². The molecule has 0 unspecified atom stereocenters. The van der Waals surface area contributed by atoms with Gasteiger partial charge in [-0.3, -0.25) is 4.90 Å². The first-order chi connectivity index (χ1) is 11.4. The topological polar surface area (TPSA) is 75.9 Å². The number of hydrogen-bond acceptors (Lipinski definition) is 7. The van der Waals surface area contributed by atoms with E-state index in [1.807, 2.05) is 13.0 Å². The largest absolute Gasteiger partial charge is 0.409 e. The van der Waals surface area contributed by atoms with Crippen molar-refractivity contribution in [3.63, 3.8) is 0 Å². The summed E-state index contributed by atoms with van der Waals surface area (Å²) in [6, 6.07) is 1.87. The van der Waals surface area contributed by atoms with Crippen molar-refractivity contribution in [2.24, 2.45) is 0 Å². The molecule has 1 fully saturated rings. The molecule has 3 heterocycles. The lowest BCUT2D eigenvalue weighted by Gasteiger charge is -2.34. The molecule has 2 aromatic heterocycles. The monoisotopic (exact) mass is 342 g/mol. The van der Waals surface area contributed by atoms with Crippen LogP contribution in [0.1, 0.15) is 11.6 Å². The van der Waals surface area contributed by atoms with Gasteiger partial charge in [0.05, 0.1) is 6.54 Å². The Bertz CT molecular complexity index is 678. The third-order valence-corrected chi connectivity index (χ3v) is 3.64. The van der Waals surface area contributed by atoms with Crippen molar-refractivity contribution in [3.8, 4) is 0 Å². The van der Waals surface area contributed by atoms with Crippen LogP contribution in [0.2, 0.25) is 0 Å². The summed E-state index contributed by atoms with van der Waals surface area (Å²) in [6.45, 7) is 4.04. The molecule has 1 saturated heterocycles. The van der Waals surface area contributed by atoms with E-state index in [-0.39, 0.29) is 0 Å². The van der Waals surface area contributed by atoms with Crippen molar-refractivity contribution in [1.29, 1.82) is 0 Å². The SMILES string of the molecule is Cc1nccc(N2CCN(Cc3nnn(CC(F)(F)F)n3)CC2)n1. The molecule has 0 aliphatic carbocycles. The number of aromatic nitrogens is 6. The van der Waals surface area contributed by atoms with Crippen molar-refractivity contribution < 1.29 is 13.2 Å². The second kappa shape index (κ2) is 6.67. The fraction of sp³-hybridized carbons (Fsp3) is 0.615. The van der Waals surface area contributed by atoms with Crippen LogP contribution in [0.4, 0.5) is 19.0 Å². The van der Waals surface area contributed by atoms with Crippen LogP contribution in [-0.2, 0) is 13.1 Å². The van der Waals surface area contributed by atoms with E-state index in [9.17, 15) is 13.2 Å². The highest BCUT2D eigenvalue weighted by Crippen LogP contribution is 2.16. The summed E-state index contributed by atoms with van der Waals surface area (Å²) in [5.41, 5.74) is 0. The molecule has 0 atom stereocenters. The van der Waals surface area contributed by atoms with Crippen molar-refractivity contribution in [3.05, 3.63) is 23.9 Å². The zero-order valence-electron chi connectivity index (χ0n) is 13.1. The van der Waals surface area contributed by atoms with Crippen LogP contribution in [0.3, 0.4) is 0 Å². The molecule has 8 nitrogen and oxygen atoms in total. The minimum absolute atomic E-state index is 0.297. The number of alkyl halides is 3. The first-order valence-corrected chi connectivity index (χ1v) is 7.49. The van der Waals surface area contributed by atoms with E-state index in [0.29, 0.717) is 17.2 Å². The van der Waals surface area contributed by atoms with E-state index in [2.05, 4.69) is 35.2 Å². The lowest BCUT2D eigenvalue weighted by molar-refractivity contribution is -0.145. The molecule has 130 valence electrons. The van der Waals surface area contributed by atoms with Gasteiger partial charge in [0.1, 0.15) is 11.6 Å². The van der Waals surface area contributed by atoms with Gasteiger partial charge < -0.3 is 4.90 Å². The van der Waals surface area contributed by atoms with Gasteiger partial charge in [-0.15, -0.1) is 10.2 Å². The molecule has 0 radical (unpaired) electrons. The quantitative estimate of drug-likeness (QED) is 0.808. The van der Waals surface area contributed by atoms with Crippen molar-refractivity contribution in [2.75, 3.05) is 31.1 Å². The zero-order chi connectivity index (χ0) is 17.2. The molecule has 0 bridgehead atoms. The smallest absolute Gasteiger partial charge is 0.354 e. The van der Waals surface area contributed by atoms with Crippen LogP contribution in [0.5, 0.6) is 0 Å². The van der Waals surface area contributed by atoms with E-state index in [0.717, 1.165) is 37.8 Å². The van der Waals surface area contributed by atoms with Gasteiger partial charge >= 0.3 is 6.18 Å². The molecule has 1 aliphatic rings. The number of anilines is 1. The predicted molar refractivity (Wildman–Crippen MR) is 78.1 cm³/mol. The maximum absolute atomic E-state index is 12.3. The van der Waals surface area contributed by atoms with Gasteiger partial charge in [-0.2, -0.15) is 18.0 Å². The van der Waals surface area contributed by atoms with E-state index in [1.54, 1.807) is 6.20 Å². The van der Waals surface area contributed by atoms with Gasteiger partial charge in [0.2, 0.25) is 0 Å². The molecule has 11 heteroatoms. The highest BCUT2D eigenvalue weighted by Gasteiger charge is 2.29. The Morgan fingerprint density at radius 2 is 1.92 bits per heavy atom. The highest BCUT2D eigenvalue weighted by atomic mass is 19.4. The van der Waals surface area contributed by atoms with Crippen LogP contribution in [-0.4, -0.2) is 67.4 Å². The van der Waals surface area contributed by atoms with Crippen LogP contribution in [0.25, 0.3) is 0 Å². The fourth-order valence-corrected chi connectivity index (χ4v) is 2.52. The summed E-state index contributed by atoms with van der Waals surface area (Å²) < 4.78 is 36.9. The number of hydrogen-bond donors (Lipinski definition) is 0. The molecule has 24 heavy (non-hydrogen) atoms. The van der Waals surface area contributed by atoms with Gasteiger partial charge in [-0.05, 0) is 18.2 Å². The molecular formula is C13H17F3N8. The van der Waals surface area contributed by atoms with Gasteiger partial charge in [0.15, 0.2) is 12.4 Å². The molecule has 3 rings (SSSR count). The summed E-state index contributed by atoms with van der Waals surface area (Å²) >= 11 is 0. The lowest BCUT2D eigenvalue weighted by Crippen LogP contribution is -2.46. The van der Waals surface area contributed by atoms with Crippen LogP contribution >= 0.6 is 0 Å². The first kappa shape index (κ1) is 16.6. The lowest BCUT2D eigenvalue weighted by atomic mass is 10.3. The zero-order valence-corrected chi connectivity index (χ0v) is 13.1. The van der Waals surface area contributed by atoms with Gasteiger partial charge in [-0.1, -0.05) is 0 Å². The Kier molecular flexibility index (Phi) is 4.60. The summed E-state index contributed by atoms with van der Waals surface area (Å²) in [5.74, 6) is 1.90. The first-order valence-electron chi connectivity index (χ1n) is 7.49. The van der Waals surface area contributed by atoms with Crippen LogP contribution < -0.4 is 4.90 Å². The number of piperazine rings is 1. The summed E-state index contributed by atoms with van der Waals surface area (Å²) in [4.78, 5) is 13.3. The molecule has 0 saturated carbocycles. The molecule has 0 N–H and O–H groups in total. The fourth-order valence-electron chi connectivity index (χ4n) is 2.52. The Labute approximate surface area is 136 Å². The number of nitrogens with zero attached hydrogens (tertiary/aromatic N) is 8. The number of halogens is 3. The third-order valence-electron chi connectivity index (χ3n) is 3.64. The molecule has 0 spiro atoms. The van der Waals surface area contributed by atoms with Gasteiger partial charge in [0, 0.05) is 32.4 Å². The van der Waals surface area contributed by atoms with E-state index in [1.165, 1.54) is 0 Å². The summed E-state index contributed by atoms with van der Waals surface area (Å²) in [7, 11) is 0. The minimum Gasteiger partial charge on any atom is -0.354 e. The average Bonchev–Trinajstić information content (AvgIpc) is 2.93. The summed E-state index contributed by atoms with van der Waals surface area (Å²) in [6.07, 6.45) is -2.62.